The Balaban J connectivity index is 1.53. The molecule has 5 heteroatoms. The molecule has 1 unspecified atom stereocenters. The molecule has 1 heterocycles. The molecule has 23 heavy (non-hydrogen) atoms. The molecule has 3 rings (SSSR count). The second kappa shape index (κ2) is 7.05. The fourth-order valence-corrected chi connectivity index (χ4v) is 2.05. The average Bonchev–Trinajstić information content (AvgIpc) is 3.02. The minimum atomic E-state index is -0.333. The SMILES string of the molecule is CCC1OC=C(COc2ccc(Oc3cccc(F)c3)cc2)O1. The molecule has 1 atom stereocenters. The zero-order valence-corrected chi connectivity index (χ0v) is 12.7. The first-order chi connectivity index (χ1) is 11.2. The zero-order chi connectivity index (χ0) is 16.1. The summed E-state index contributed by atoms with van der Waals surface area (Å²) < 4.78 is 35.1. The van der Waals surface area contributed by atoms with Gasteiger partial charge in [0.2, 0.25) is 6.29 Å². The minimum Gasteiger partial charge on any atom is -0.486 e. The number of hydrogen-bond acceptors (Lipinski definition) is 4. The third-order valence-corrected chi connectivity index (χ3v) is 3.20. The first-order valence-corrected chi connectivity index (χ1v) is 7.40. The quantitative estimate of drug-likeness (QED) is 0.779. The van der Waals surface area contributed by atoms with E-state index >= 15 is 0 Å². The van der Waals surface area contributed by atoms with Crippen molar-refractivity contribution >= 4 is 0 Å². The minimum absolute atomic E-state index is 0.212. The van der Waals surface area contributed by atoms with E-state index < -0.39 is 0 Å². The molecule has 1 aliphatic heterocycles. The number of halogens is 1. The van der Waals surface area contributed by atoms with Gasteiger partial charge in [-0.2, -0.15) is 0 Å². The van der Waals surface area contributed by atoms with E-state index in [1.807, 2.05) is 6.92 Å². The van der Waals surface area contributed by atoms with E-state index in [1.54, 1.807) is 42.7 Å². The molecule has 0 aromatic heterocycles. The van der Waals surface area contributed by atoms with E-state index in [0.717, 1.165) is 6.42 Å². The predicted octanol–water partition coefficient (Wildman–Crippen LogP) is 4.62. The van der Waals surface area contributed by atoms with Crippen molar-refractivity contribution in [3.8, 4) is 17.2 Å². The first kappa shape index (κ1) is 15.2. The van der Waals surface area contributed by atoms with Crippen LogP contribution in [0.5, 0.6) is 17.2 Å². The van der Waals surface area contributed by atoms with Crippen LogP contribution in [0.3, 0.4) is 0 Å². The number of rotatable bonds is 6. The van der Waals surface area contributed by atoms with Crippen LogP contribution in [0.2, 0.25) is 0 Å². The van der Waals surface area contributed by atoms with Gasteiger partial charge < -0.3 is 18.9 Å². The summed E-state index contributed by atoms with van der Waals surface area (Å²) in [7, 11) is 0. The van der Waals surface area contributed by atoms with Crippen LogP contribution in [0.25, 0.3) is 0 Å². The fourth-order valence-electron chi connectivity index (χ4n) is 2.05. The molecular weight excluding hydrogens is 299 g/mol. The van der Waals surface area contributed by atoms with Gasteiger partial charge in [-0.3, -0.25) is 0 Å². The van der Waals surface area contributed by atoms with Gasteiger partial charge in [0.15, 0.2) is 5.76 Å². The van der Waals surface area contributed by atoms with E-state index in [4.69, 9.17) is 18.9 Å². The van der Waals surface area contributed by atoms with Crippen LogP contribution in [-0.2, 0) is 9.47 Å². The fraction of sp³-hybridized carbons (Fsp3) is 0.222. The predicted molar refractivity (Wildman–Crippen MR) is 82.7 cm³/mol. The Morgan fingerprint density at radius 2 is 1.83 bits per heavy atom. The van der Waals surface area contributed by atoms with E-state index in [0.29, 0.717) is 29.6 Å². The third-order valence-electron chi connectivity index (χ3n) is 3.20. The standard InChI is InChI=1S/C18H17FO4/c1-2-18-21-12-17(23-18)11-20-14-6-8-15(9-7-14)22-16-5-3-4-13(19)10-16/h3-10,12,18H,2,11H2,1H3. The van der Waals surface area contributed by atoms with Crippen LogP contribution in [0.15, 0.2) is 60.6 Å². The van der Waals surface area contributed by atoms with Crippen LogP contribution >= 0.6 is 0 Å². The Kier molecular flexibility index (Phi) is 4.66. The van der Waals surface area contributed by atoms with Crippen LogP contribution < -0.4 is 9.47 Å². The van der Waals surface area contributed by atoms with Gasteiger partial charge in [-0.15, -0.1) is 0 Å². The molecule has 0 saturated heterocycles. The maximum absolute atomic E-state index is 13.1. The van der Waals surface area contributed by atoms with Crippen molar-refractivity contribution in [3.63, 3.8) is 0 Å². The van der Waals surface area contributed by atoms with Crippen molar-refractivity contribution in [1.82, 2.24) is 0 Å². The lowest BCUT2D eigenvalue weighted by atomic mass is 10.3. The summed E-state index contributed by atoms with van der Waals surface area (Å²) in [6.07, 6.45) is 2.15. The molecular formula is C18H17FO4. The summed E-state index contributed by atoms with van der Waals surface area (Å²) in [4.78, 5) is 0. The lowest BCUT2D eigenvalue weighted by molar-refractivity contribution is -0.0375. The molecule has 0 bridgehead atoms. The second-order valence-corrected chi connectivity index (χ2v) is 5.00. The topological polar surface area (TPSA) is 36.9 Å². The molecule has 2 aromatic carbocycles. The van der Waals surface area contributed by atoms with Crippen LogP contribution in [0, 0.1) is 5.82 Å². The van der Waals surface area contributed by atoms with Gasteiger partial charge in [-0.25, -0.2) is 4.39 Å². The maximum Gasteiger partial charge on any atom is 0.240 e. The molecule has 0 fully saturated rings. The molecule has 0 N–H and O–H groups in total. The largest absolute Gasteiger partial charge is 0.486 e. The Labute approximate surface area is 134 Å². The highest BCUT2D eigenvalue weighted by Crippen LogP contribution is 2.25. The smallest absolute Gasteiger partial charge is 0.240 e. The summed E-state index contributed by atoms with van der Waals surface area (Å²) >= 11 is 0. The molecule has 0 spiro atoms. The summed E-state index contributed by atoms with van der Waals surface area (Å²) in [5.41, 5.74) is 0. The van der Waals surface area contributed by atoms with Crippen LogP contribution in [0.1, 0.15) is 13.3 Å². The molecule has 0 amide bonds. The van der Waals surface area contributed by atoms with Crippen molar-refractivity contribution in [1.29, 1.82) is 0 Å². The van der Waals surface area contributed by atoms with Crippen molar-refractivity contribution in [3.05, 3.63) is 66.4 Å². The van der Waals surface area contributed by atoms with Crippen molar-refractivity contribution in [2.75, 3.05) is 6.61 Å². The van der Waals surface area contributed by atoms with Gasteiger partial charge in [0, 0.05) is 12.5 Å². The Morgan fingerprint density at radius 3 is 2.52 bits per heavy atom. The normalized spacial score (nSPS) is 16.3. The lowest BCUT2D eigenvalue weighted by Crippen LogP contribution is -2.09. The van der Waals surface area contributed by atoms with Crippen molar-refractivity contribution in [2.45, 2.75) is 19.6 Å². The van der Waals surface area contributed by atoms with Crippen molar-refractivity contribution in [2.24, 2.45) is 0 Å². The van der Waals surface area contributed by atoms with Gasteiger partial charge in [0.1, 0.15) is 35.9 Å². The maximum atomic E-state index is 13.1. The van der Waals surface area contributed by atoms with Gasteiger partial charge in [-0.05, 0) is 36.4 Å². The number of ether oxygens (including phenoxy) is 4. The lowest BCUT2D eigenvalue weighted by Gasteiger charge is -2.10. The molecule has 4 nitrogen and oxygen atoms in total. The van der Waals surface area contributed by atoms with Crippen LogP contribution in [-0.4, -0.2) is 12.9 Å². The molecule has 0 aliphatic carbocycles. The Morgan fingerprint density at radius 1 is 1.04 bits per heavy atom. The van der Waals surface area contributed by atoms with Gasteiger partial charge in [0.25, 0.3) is 0 Å². The molecule has 0 saturated carbocycles. The summed E-state index contributed by atoms with van der Waals surface area (Å²) in [5, 5.41) is 0. The van der Waals surface area contributed by atoms with E-state index in [9.17, 15) is 4.39 Å². The summed E-state index contributed by atoms with van der Waals surface area (Å²) in [5.74, 6) is 2.07. The first-order valence-electron chi connectivity index (χ1n) is 7.40. The second-order valence-electron chi connectivity index (χ2n) is 5.00. The van der Waals surface area contributed by atoms with Crippen LogP contribution in [0.4, 0.5) is 4.39 Å². The number of benzene rings is 2. The average molecular weight is 316 g/mol. The Bertz CT molecular complexity index is 682. The summed E-state index contributed by atoms with van der Waals surface area (Å²) in [6, 6.07) is 13.1. The Hall–Kier alpha value is -2.69. The van der Waals surface area contributed by atoms with E-state index in [1.165, 1.54) is 12.1 Å². The summed E-state index contributed by atoms with van der Waals surface area (Å²) in [6.45, 7) is 2.29. The van der Waals surface area contributed by atoms with Gasteiger partial charge in [-0.1, -0.05) is 13.0 Å². The van der Waals surface area contributed by atoms with E-state index in [-0.39, 0.29) is 12.1 Å². The molecule has 120 valence electrons. The number of hydrogen-bond donors (Lipinski definition) is 0. The van der Waals surface area contributed by atoms with Gasteiger partial charge >= 0.3 is 0 Å². The molecule has 1 aliphatic rings. The highest BCUT2D eigenvalue weighted by atomic mass is 19.1. The zero-order valence-electron chi connectivity index (χ0n) is 12.7. The molecule has 2 aromatic rings. The van der Waals surface area contributed by atoms with Crippen molar-refractivity contribution < 1.29 is 23.3 Å². The van der Waals surface area contributed by atoms with Gasteiger partial charge in [0.05, 0.1) is 0 Å². The highest BCUT2D eigenvalue weighted by molar-refractivity contribution is 5.35. The highest BCUT2D eigenvalue weighted by Gasteiger charge is 2.17. The van der Waals surface area contributed by atoms with E-state index in [2.05, 4.69) is 0 Å². The molecule has 0 radical (unpaired) electrons. The monoisotopic (exact) mass is 316 g/mol. The third kappa shape index (κ3) is 4.16.